The van der Waals surface area contributed by atoms with Crippen molar-refractivity contribution in [3.05, 3.63) is 140 Å². The van der Waals surface area contributed by atoms with Crippen molar-refractivity contribution in [3.63, 3.8) is 0 Å². The lowest BCUT2D eigenvalue weighted by Gasteiger charge is -2.18. The Labute approximate surface area is 236 Å². The number of fused-ring (bicyclic) bond motifs is 7. The van der Waals surface area contributed by atoms with Gasteiger partial charge in [-0.2, -0.15) is 0 Å². The first-order valence-corrected chi connectivity index (χ1v) is 14.0. The number of para-hydroxylation sites is 1. The first-order chi connectivity index (χ1) is 20.3. The van der Waals surface area contributed by atoms with Crippen LogP contribution in [-0.4, -0.2) is 4.98 Å². The largest absolute Gasteiger partial charge is 0.455 e. The maximum atomic E-state index is 6.67. The number of aromatic nitrogens is 1. The molecule has 0 saturated heterocycles. The zero-order chi connectivity index (χ0) is 26.9. The quantitative estimate of drug-likeness (QED) is 0.211. The molecule has 2 heteroatoms. The van der Waals surface area contributed by atoms with Crippen molar-refractivity contribution in [2.45, 2.75) is 0 Å². The molecule has 9 aromatic rings. The Morgan fingerprint density at radius 2 is 1.10 bits per heavy atom. The highest BCUT2D eigenvalue weighted by atomic mass is 16.3. The summed E-state index contributed by atoms with van der Waals surface area (Å²) in [7, 11) is 0. The van der Waals surface area contributed by atoms with E-state index in [0.717, 1.165) is 38.4 Å². The van der Waals surface area contributed by atoms with Crippen molar-refractivity contribution in [2.24, 2.45) is 0 Å². The molecule has 0 atom stereocenters. The average molecular weight is 522 g/mol. The van der Waals surface area contributed by atoms with Crippen molar-refractivity contribution in [2.75, 3.05) is 0 Å². The highest BCUT2D eigenvalue weighted by molar-refractivity contribution is 6.24. The van der Waals surface area contributed by atoms with Gasteiger partial charge in [-0.1, -0.05) is 109 Å². The second-order valence-electron chi connectivity index (χ2n) is 10.7. The van der Waals surface area contributed by atoms with Crippen molar-refractivity contribution in [1.29, 1.82) is 0 Å². The predicted octanol–water partition coefficient (Wildman–Crippen LogP) is 10.9. The van der Waals surface area contributed by atoms with E-state index in [9.17, 15) is 0 Å². The molecule has 2 heterocycles. The number of nitrogens with zero attached hydrogens (tertiary/aromatic N) is 1. The summed E-state index contributed by atoms with van der Waals surface area (Å²) in [6.07, 6.45) is 1.83. The van der Waals surface area contributed by atoms with E-state index in [1.807, 2.05) is 12.3 Å². The molecule has 0 aliphatic heterocycles. The summed E-state index contributed by atoms with van der Waals surface area (Å²) in [6, 6.07) is 47.8. The molecule has 0 saturated carbocycles. The van der Waals surface area contributed by atoms with Crippen molar-refractivity contribution >= 4 is 65.2 Å². The van der Waals surface area contributed by atoms with Crippen LogP contribution in [0.3, 0.4) is 0 Å². The standard InChI is InChI=1S/C39H23NO/c1-2-10-25-21-27(19-18-24(25)9-1)37-28-12-3-5-14-30(28)38(31-15-6-4-13-29(31)37)33-17-7-16-32-34-22-26-11-8-20-40-35(26)23-36(34)41-39(32)33/h1-23H. The molecule has 41 heavy (non-hydrogen) atoms. The first-order valence-electron chi connectivity index (χ1n) is 14.0. The lowest BCUT2D eigenvalue weighted by Crippen LogP contribution is -1.91. The highest BCUT2D eigenvalue weighted by Crippen LogP contribution is 2.46. The fourth-order valence-corrected chi connectivity index (χ4v) is 6.64. The Kier molecular flexibility index (Phi) is 4.64. The molecule has 7 aromatic carbocycles. The van der Waals surface area contributed by atoms with E-state index >= 15 is 0 Å². The molecule has 9 rings (SSSR count). The lowest BCUT2D eigenvalue weighted by atomic mass is 9.85. The van der Waals surface area contributed by atoms with Crippen molar-refractivity contribution in [3.8, 4) is 22.3 Å². The van der Waals surface area contributed by atoms with E-state index in [-0.39, 0.29) is 0 Å². The summed E-state index contributed by atoms with van der Waals surface area (Å²) < 4.78 is 6.67. The molecule has 190 valence electrons. The maximum absolute atomic E-state index is 6.67. The number of rotatable bonds is 2. The molecular weight excluding hydrogens is 498 g/mol. The Bertz CT molecular complexity index is 2430. The molecule has 2 nitrogen and oxygen atoms in total. The SMILES string of the molecule is c1ccc2cc(-c3c4ccccc4c(-c4cccc5c4oc4cc6ncccc6cc45)c4ccccc34)ccc2c1. The number of pyridine rings is 1. The van der Waals surface area contributed by atoms with Crippen LogP contribution in [-0.2, 0) is 0 Å². The molecule has 0 spiro atoms. The second kappa shape index (κ2) is 8.51. The average Bonchev–Trinajstić information content (AvgIpc) is 3.40. The van der Waals surface area contributed by atoms with Gasteiger partial charge in [-0.25, -0.2) is 0 Å². The fourth-order valence-electron chi connectivity index (χ4n) is 6.64. The molecular formula is C39H23NO. The molecule has 2 aromatic heterocycles. The Hall–Kier alpha value is -5.47. The highest BCUT2D eigenvalue weighted by Gasteiger charge is 2.20. The summed E-state index contributed by atoms with van der Waals surface area (Å²) in [4.78, 5) is 4.56. The predicted molar refractivity (Wildman–Crippen MR) is 172 cm³/mol. The minimum Gasteiger partial charge on any atom is -0.455 e. The van der Waals surface area contributed by atoms with Gasteiger partial charge in [0.2, 0.25) is 0 Å². The maximum Gasteiger partial charge on any atom is 0.143 e. The molecule has 0 bridgehead atoms. The van der Waals surface area contributed by atoms with Crippen molar-refractivity contribution in [1.82, 2.24) is 4.98 Å². The Morgan fingerprint density at radius 3 is 1.88 bits per heavy atom. The van der Waals surface area contributed by atoms with E-state index in [1.54, 1.807) is 0 Å². The molecule has 0 amide bonds. The van der Waals surface area contributed by atoms with Gasteiger partial charge in [-0.15, -0.1) is 0 Å². The second-order valence-corrected chi connectivity index (χ2v) is 10.7. The van der Waals surface area contributed by atoms with Gasteiger partial charge in [0, 0.05) is 39.5 Å². The van der Waals surface area contributed by atoms with Crippen LogP contribution < -0.4 is 0 Å². The third-order valence-electron chi connectivity index (χ3n) is 8.46. The zero-order valence-electron chi connectivity index (χ0n) is 22.1. The molecule has 0 fully saturated rings. The fraction of sp³-hybridized carbons (Fsp3) is 0. The van der Waals surface area contributed by atoms with Crippen LogP contribution in [0, 0.1) is 0 Å². The van der Waals surface area contributed by atoms with Gasteiger partial charge >= 0.3 is 0 Å². The van der Waals surface area contributed by atoms with Crippen LogP contribution >= 0.6 is 0 Å². The molecule has 0 aliphatic rings. The molecule has 0 N–H and O–H groups in total. The summed E-state index contributed by atoms with van der Waals surface area (Å²) >= 11 is 0. The van der Waals surface area contributed by atoms with Crippen LogP contribution in [0.25, 0.3) is 87.4 Å². The van der Waals surface area contributed by atoms with Crippen molar-refractivity contribution < 1.29 is 4.42 Å². The van der Waals surface area contributed by atoms with Gasteiger partial charge in [0.25, 0.3) is 0 Å². The topological polar surface area (TPSA) is 26.0 Å². The summed E-state index contributed by atoms with van der Waals surface area (Å²) in [5.41, 5.74) is 7.51. The third-order valence-corrected chi connectivity index (χ3v) is 8.46. The van der Waals surface area contributed by atoms with Crippen LogP contribution in [0.2, 0.25) is 0 Å². The lowest BCUT2D eigenvalue weighted by molar-refractivity contribution is 0.670. The summed E-state index contributed by atoms with van der Waals surface area (Å²) in [5.74, 6) is 0. The Balaban J connectivity index is 1.40. The van der Waals surface area contributed by atoms with E-state index < -0.39 is 0 Å². The monoisotopic (exact) mass is 521 g/mol. The minimum absolute atomic E-state index is 0.861. The summed E-state index contributed by atoms with van der Waals surface area (Å²) in [5, 5.41) is 10.8. The van der Waals surface area contributed by atoms with E-state index in [0.29, 0.717) is 0 Å². The van der Waals surface area contributed by atoms with Crippen LogP contribution in [0.4, 0.5) is 0 Å². The van der Waals surface area contributed by atoms with Crippen LogP contribution in [0.5, 0.6) is 0 Å². The van der Waals surface area contributed by atoms with Gasteiger partial charge in [-0.05, 0) is 61.6 Å². The van der Waals surface area contributed by atoms with Gasteiger partial charge in [0.1, 0.15) is 11.2 Å². The van der Waals surface area contributed by atoms with Crippen LogP contribution in [0.15, 0.2) is 144 Å². The van der Waals surface area contributed by atoms with E-state index in [1.165, 1.54) is 49.0 Å². The number of hydrogen-bond acceptors (Lipinski definition) is 2. The van der Waals surface area contributed by atoms with Gasteiger partial charge in [-0.3, -0.25) is 4.98 Å². The minimum atomic E-state index is 0.861. The molecule has 0 aliphatic carbocycles. The first kappa shape index (κ1) is 22.4. The number of furan rings is 1. The van der Waals surface area contributed by atoms with E-state index in [2.05, 4.69) is 132 Å². The molecule has 0 radical (unpaired) electrons. The van der Waals surface area contributed by atoms with Gasteiger partial charge in [0.05, 0.1) is 5.52 Å². The molecule has 0 unspecified atom stereocenters. The van der Waals surface area contributed by atoms with Gasteiger partial charge in [0.15, 0.2) is 0 Å². The summed E-state index contributed by atoms with van der Waals surface area (Å²) in [6.45, 7) is 0. The van der Waals surface area contributed by atoms with Crippen LogP contribution in [0.1, 0.15) is 0 Å². The normalized spacial score (nSPS) is 11.9. The third kappa shape index (κ3) is 3.28. The Morgan fingerprint density at radius 1 is 0.439 bits per heavy atom. The smallest absolute Gasteiger partial charge is 0.143 e. The number of hydrogen-bond donors (Lipinski definition) is 0. The number of benzene rings is 7. The van der Waals surface area contributed by atoms with E-state index in [4.69, 9.17) is 4.42 Å². The zero-order valence-corrected chi connectivity index (χ0v) is 22.1. The van der Waals surface area contributed by atoms with Gasteiger partial charge < -0.3 is 4.42 Å².